The minimum absolute atomic E-state index is 0.0768. The first-order chi connectivity index (χ1) is 14.0. The highest BCUT2D eigenvalue weighted by molar-refractivity contribution is 5.77. The molecule has 0 spiro atoms. The Hall–Kier alpha value is -3.61. The van der Waals surface area contributed by atoms with Gasteiger partial charge in [-0.05, 0) is 43.3 Å². The average Bonchev–Trinajstić information content (AvgIpc) is 2.74. The van der Waals surface area contributed by atoms with Crippen LogP contribution in [0.25, 0.3) is 11.3 Å². The van der Waals surface area contributed by atoms with Crippen molar-refractivity contribution >= 4 is 5.91 Å². The molecule has 150 valence electrons. The standard InChI is InChI=1S/C22H23N3O4/c1-16-3-7-19(8-4-16)29-14-21(26)23-11-12-25-15-24-20(13-22(25)27)17-5-9-18(28-2)10-6-17/h3-10,13,15H,11-12,14H2,1-2H3,(H,23,26). The Bertz CT molecular complexity index is 1010. The van der Waals surface area contributed by atoms with Crippen LogP contribution >= 0.6 is 0 Å². The molecule has 1 aromatic heterocycles. The molecular formula is C22H23N3O4. The van der Waals surface area contributed by atoms with Gasteiger partial charge in [0.05, 0.1) is 19.1 Å². The summed E-state index contributed by atoms with van der Waals surface area (Å²) in [4.78, 5) is 28.5. The fourth-order valence-electron chi connectivity index (χ4n) is 2.66. The number of rotatable bonds is 8. The maximum Gasteiger partial charge on any atom is 0.258 e. The number of carbonyl (C=O) groups excluding carboxylic acids is 1. The third-order valence-electron chi connectivity index (χ3n) is 4.33. The number of amides is 1. The van der Waals surface area contributed by atoms with Gasteiger partial charge in [-0.1, -0.05) is 17.7 Å². The van der Waals surface area contributed by atoms with Gasteiger partial charge >= 0.3 is 0 Å². The zero-order valence-corrected chi connectivity index (χ0v) is 16.4. The molecule has 7 heteroatoms. The molecule has 0 aliphatic rings. The number of aromatic nitrogens is 2. The van der Waals surface area contributed by atoms with Crippen LogP contribution in [0.5, 0.6) is 11.5 Å². The third-order valence-corrected chi connectivity index (χ3v) is 4.33. The Morgan fingerprint density at radius 2 is 1.76 bits per heavy atom. The molecule has 3 aromatic rings. The summed E-state index contributed by atoms with van der Waals surface area (Å²) in [5.41, 5.74) is 2.36. The first-order valence-corrected chi connectivity index (χ1v) is 9.22. The SMILES string of the molecule is COc1ccc(-c2cc(=O)n(CCNC(=O)COc3ccc(C)cc3)cn2)cc1. The van der Waals surface area contributed by atoms with Crippen molar-refractivity contribution in [1.29, 1.82) is 0 Å². The molecule has 0 saturated carbocycles. The normalized spacial score (nSPS) is 10.4. The van der Waals surface area contributed by atoms with Crippen molar-refractivity contribution < 1.29 is 14.3 Å². The van der Waals surface area contributed by atoms with Crippen LogP contribution in [0.2, 0.25) is 0 Å². The van der Waals surface area contributed by atoms with E-state index in [9.17, 15) is 9.59 Å². The zero-order valence-electron chi connectivity index (χ0n) is 16.4. The van der Waals surface area contributed by atoms with Crippen molar-refractivity contribution in [3.63, 3.8) is 0 Å². The van der Waals surface area contributed by atoms with Gasteiger partial charge in [-0.3, -0.25) is 14.2 Å². The van der Waals surface area contributed by atoms with Crippen molar-refractivity contribution in [3.8, 4) is 22.8 Å². The molecule has 1 heterocycles. The highest BCUT2D eigenvalue weighted by Gasteiger charge is 2.06. The minimum atomic E-state index is -0.249. The molecule has 0 saturated heterocycles. The predicted octanol–water partition coefficient (Wildman–Crippen LogP) is 2.42. The summed E-state index contributed by atoms with van der Waals surface area (Å²) < 4.78 is 12.0. The van der Waals surface area contributed by atoms with Crippen LogP contribution in [0.3, 0.4) is 0 Å². The molecule has 0 fully saturated rings. The number of hydrogen-bond donors (Lipinski definition) is 1. The topological polar surface area (TPSA) is 82.5 Å². The van der Waals surface area contributed by atoms with E-state index in [0.29, 0.717) is 24.5 Å². The summed E-state index contributed by atoms with van der Waals surface area (Å²) in [7, 11) is 1.60. The molecule has 0 bridgehead atoms. The lowest BCUT2D eigenvalue weighted by atomic mass is 10.1. The summed E-state index contributed by atoms with van der Waals surface area (Å²) in [6.45, 7) is 2.54. The molecule has 2 aromatic carbocycles. The molecule has 0 aliphatic heterocycles. The zero-order chi connectivity index (χ0) is 20.6. The van der Waals surface area contributed by atoms with Gasteiger partial charge in [0.2, 0.25) is 0 Å². The van der Waals surface area contributed by atoms with Crippen molar-refractivity contribution in [2.45, 2.75) is 13.5 Å². The van der Waals surface area contributed by atoms with E-state index < -0.39 is 0 Å². The Morgan fingerprint density at radius 3 is 2.41 bits per heavy atom. The summed E-state index contributed by atoms with van der Waals surface area (Å²) in [6, 6.07) is 16.3. The molecule has 1 N–H and O–H groups in total. The summed E-state index contributed by atoms with van der Waals surface area (Å²) in [6.07, 6.45) is 1.48. The van der Waals surface area contributed by atoms with Crippen LogP contribution in [0.4, 0.5) is 0 Å². The Morgan fingerprint density at radius 1 is 1.07 bits per heavy atom. The first kappa shape index (κ1) is 20.1. The van der Waals surface area contributed by atoms with Crippen molar-refractivity contribution in [2.24, 2.45) is 0 Å². The lowest BCUT2D eigenvalue weighted by molar-refractivity contribution is -0.123. The van der Waals surface area contributed by atoms with Gasteiger partial charge in [0.25, 0.3) is 11.5 Å². The van der Waals surface area contributed by atoms with E-state index in [1.807, 2.05) is 55.5 Å². The van der Waals surface area contributed by atoms with Gasteiger partial charge in [0.15, 0.2) is 6.61 Å². The van der Waals surface area contributed by atoms with Gasteiger partial charge in [0.1, 0.15) is 11.5 Å². The minimum Gasteiger partial charge on any atom is -0.497 e. The molecule has 0 aliphatic carbocycles. The van der Waals surface area contributed by atoms with Gasteiger partial charge in [0, 0.05) is 24.7 Å². The highest BCUT2D eigenvalue weighted by atomic mass is 16.5. The van der Waals surface area contributed by atoms with Gasteiger partial charge < -0.3 is 14.8 Å². The van der Waals surface area contributed by atoms with Crippen molar-refractivity contribution in [3.05, 3.63) is 76.8 Å². The highest BCUT2D eigenvalue weighted by Crippen LogP contribution is 2.19. The molecule has 7 nitrogen and oxygen atoms in total. The number of methoxy groups -OCH3 is 1. The Kier molecular flexibility index (Phi) is 6.63. The smallest absolute Gasteiger partial charge is 0.258 e. The number of nitrogens with one attached hydrogen (secondary N) is 1. The number of carbonyl (C=O) groups is 1. The molecule has 0 atom stereocenters. The van der Waals surface area contributed by atoms with E-state index >= 15 is 0 Å². The summed E-state index contributed by atoms with van der Waals surface area (Å²) in [5, 5.41) is 2.73. The van der Waals surface area contributed by atoms with Crippen LogP contribution < -0.4 is 20.3 Å². The first-order valence-electron chi connectivity index (χ1n) is 9.22. The largest absolute Gasteiger partial charge is 0.497 e. The molecule has 29 heavy (non-hydrogen) atoms. The van der Waals surface area contributed by atoms with E-state index in [0.717, 1.165) is 16.9 Å². The van der Waals surface area contributed by atoms with E-state index in [2.05, 4.69) is 10.3 Å². The third kappa shape index (κ3) is 5.68. The maximum atomic E-state index is 12.3. The van der Waals surface area contributed by atoms with Crippen molar-refractivity contribution in [1.82, 2.24) is 14.9 Å². The van der Waals surface area contributed by atoms with Gasteiger partial charge in [-0.15, -0.1) is 0 Å². The van der Waals surface area contributed by atoms with Crippen LogP contribution in [0.1, 0.15) is 5.56 Å². The fraction of sp³-hybridized carbons (Fsp3) is 0.227. The van der Waals surface area contributed by atoms with Gasteiger partial charge in [-0.25, -0.2) is 4.98 Å². The molecular weight excluding hydrogens is 370 g/mol. The summed E-state index contributed by atoms with van der Waals surface area (Å²) >= 11 is 0. The maximum absolute atomic E-state index is 12.3. The van der Waals surface area contributed by atoms with E-state index in [1.54, 1.807) is 7.11 Å². The molecule has 0 radical (unpaired) electrons. The van der Waals surface area contributed by atoms with E-state index in [1.165, 1.54) is 17.0 Å². The van der Waals surface area contributed by atoms with Crippen molar-refractivity contribution in [2.75, 3.05) is 20.3 Å². The Balaban J connectivity index is 1.49. The van der Waals surface area contributed by atoms with E-state index in [-0.39, 0.29) is 18.1 Å². The number of benzene rings is 2. The second-order valence-electron chi connectivity index (χ2n) is 6.49. The lowest BCUT2D eigenvalue weighted by Crippen LogP contribution is -2.33. The quantitative estimate of drug-likeness (QED) is 0.636. The van der Waals surface area contributed by atoms with Crippen LogP contribution in [-0.4, -0.2) is 35.7 Å². The Labute approximate surface area is 168 Å². The van der Waals surface area contributed by atoms with E-state index in [4.69, 9.17) is 9.47 Å². The fourth-order valence-corrected chi connectivity index (χ4v) is 2.66. The van der Waals surface area contributed by atoms with Crippen LogP contribution in [0, 0.1) is 6.92 Å². The molecule has 1 amide bonds. The van der Waals surface area contributed by atoms with Crippen LogP contribution in [-0.2, 0) is 11.3 Å². The predicted molar refractivity (Wildman–Crippen MR) is 110 cm³/mol. The molecule has 3 rings (SSSR count). The van der Waals surface area contributed by atoms with Gasteiger partial charge in [-0.2, -0.15) is 0 Å². The monoisotopic (exact) mass is 393 g/mol. The number of aryl methyl sites for hydroxylation is 1. The van der Waals surface area contributed by atoms with Crippen LogP contribution in [0.15, 0.2) is 65.7 Å². The number of hydrogen-bond acceptors (Lipinski definition) is 5. The lowest BCUT2D eigenvalue weighted by Gasteiger charge is -2.09. The number of nitrogens with zero attached hydrogens (tertiary/aromatic N) is 2. The average molecular weight is 393 g/mol. The second-order valence-corrected chi connectivity index (χ2v) is 6.49. The number of ether oxygens (including phenoxy) is 2. The molecule has 0 unspecified atom stereocenters. The second kappa shape index (κ2) is 9.54. The summed E-state index contributed by atoms with van der Waals surface area (Å²) in [5.74, 6) is 1.13.